The van der Waals surface area contributed by atoms with Crippen molar-refractivity contribution < 1.29 is 19.4 Å². The summed E-state index contributed by atoms with van der Waals surface area (Å²) in [6.45, 7) is 3.74. The van der Waals surface area contributed by atoms with Gasteiger partial charge in [0.1, 0.15) is 12.6 Å². The van der Waals surface area contributed by atoms with E-state index >= 15 is 0 Å². The number of ether oxygens (including phenoxy) is 1. The smallest absolute Gasteiger partial charge is 0.407 e. The molecule has 2 N–H and O–H groups in total. The van der Waals surface area contributed by atoms with Crippen LogP contribution in [0.25, 0.3) is 11.1 Å². The number of alkyl carbamates (subject to hydrolysis) is 1. The Morgan fingerprint density at radius 3 is 2.24 bits per heavy atom. The molecular weight excluding hydrogens is 523 g/mol. The van der Waals surface area contributed by atoms with E-state index in [-0.39, 0.29) is 18.9 Å². The first-order chi connectivity index (χ1) is 18.3. The van der Waals surface area contributed by atoms with Crippen molar-refractivity contribution in [3.63, 3.8) is 0 Å². The molecule has 0 saturated carbocycles. The van der Waals surface area contributed by atoms with Crippen LogP contribution in [-0.4, -0.2) is 42.9 Å². The van der Waals surface area contributed by atoms with Gasteiger partial charge < -0.3 is 20.1 Å². The van der Waals surface area contributed by atoms with Crippen LogP contribution in [0.15, 0.2) is 54.6 Å². The van der Waals surface area contributed by atoms with Gasteiger partial charge in [0.15, 0.2) is 0 Å². The predicted octanol–water partition coefficient (Wildman–Crippen LogP) is 6.83. The zero-order chi connectivity index (χ0) is 26.8. The molecule has 3 aromatic rings. The number of carbonyl (C=O) groups is 2. The summed E-state index contributed by atoms with van der Waals surface area (Å²) in [6, 6.07) is 16.7. The Morgan fingerprint density at radius 1 is 1.03 bits per heavy atom. The highest BCUT2D eigenvalue weighted by molar-refractivity contribution is 6.39. The number of carboxylic acid groups (broad SMARTS) is 1. The van der Waals surface area contributed by atoms with Crippen LogP contribution in [0.4, 0.5) is 10.5 Å². The lowest BCUT2D eigenvalue weighted by molar-refractivity contribution is -0.139. The molecule has 0 spiro atoms. The molecular formula is C30H30Cl2N2O4. The summed E-state index contributed by atoms with van der Waals surface area (Å²) in [5.41, 5.74) is 6.65. The number of halogens is 2. The molecule has 1 amide bonds. The third-order valence-corrected chi connectivity index (χ3v) is 8.33. The Labute approximate surface area is 232 Å². The monoisotopic (exact) mass is 552 g/mol. The minimum atomic E-state index is -1.20. The maximum absolute atomic E-state index is 12.8. The van der Waals surface area contributed by atoms with E-state index in [0.717, 1.165) is 59.4 Å². The van der Waals surface area contributed by atoms with E-state index in [4.69, 9.17) is 27.9 Å². The van der Waals surface area contributed by atoms with Crippen molar-refractivity contribution in [3.05, 3.63) is 86.9 Å². The topological polar surface area (TPSA) is 78.9 Å². The zero-order valence-corrected chi connectivity index (χ0v) is 22.7. The van der Waals surface area contributed by atoms with Crippen molar-refractivity contribution >= 4 is 41.0 Å². The average Bonchev–Trinajstić information content (AvgIpc) is 3.24. The highest BCUT2D eigenvalue weighted by atomic mass is 35.5. The van der Waals surface area contributed by atoms with Crippen LogP contribution < -0.4 is 10.2 Å². The maximum atomic E-state index is 12.8. The van der Waals surface area contributed by atoms with Gasteiger partial charge in [0.05, 0.1) is 15.7 Å². The normalized spacial score (nSPS) is 15.5. The lowest BCUT2D eigenvalue weighted by Crippen LogP contribution is -2.43. The van der Waals surface area contributed by atoms with Gasteiger partial charge in [0, 0.05) is 25.4 Å². The summed E-state index contributed by atoms with van der Waals surface area (Å²) in [5.74, 6) is -1.27. The average molecular weight is 553 g/mol. The second-order valence-corrected chi connectivity index (χ2v) is 10.7. The van der Waals surface area contributed by atoms with Crippen molar-refractivity contribution in [2.45, 2.75) is 44.6 Å². The molecule has 3 aromatic carbocycles. The van der Waals surface area contributed by atoms with Gasteiger partial charge in [-0.25, -0.2) is 9.59 Å². The van der Waals surface area contributed by atoms with E-state index < -0.39 is 18.1 Å². The largest absolute Gasteiger partial charge is 0.480 e. The molecule has 38 heavy (non-hydrogen) atoms. The minimum absolute atomic E-state index is 0.0328. The molecule has 1 atom stereocenters. The van der Waals surface area contributed by atoms with Crippen LogP contribution in [0.1, 0.15) is 47.4 Å². The number of rotatable bonds is 7. The molecule has 1 fully saturated rings. The number of benzene rings is 3. The summed E-state index contributed by atoms with van der Waals surface area (Å²) in [6.07, 6.45) is 2.60. The van der Waals surface area contributed by atoms with E-state index in [0.29, 0.717) is 15.6 Å². The van der Waals surface area contributed by atoms with Gasteiger partial charge in [-0.15, -0.1) is 0 Å². The number of nitrogens with one attached hydrogen (secondary N) is 1. The number of hydrogen-bond donors (Lipinski definition) is 2. The Balaban J connectivity index is 1.28. The van der Waals surface area contributed by atoms with Gasteiger partial charge in [-0.2, -0.15) is 0 Å². The number of nitrogens with zero attached hydrogens (tertiary/aromatic N) is 1. The van der Waals surface area contributed by atoms with Gasteiger partial charge in [-0.3, -0.25) is 0 Å². The molecule has 0 bridgehead atoms. The summed E-state index contributed by atoms with van der Waals surface area (Å²) < 4.78 is 5.56. The Kier molecular flexibility index (Phi) is 7.82. The summed E-state index contributed by atoms with van der Waals surface area (Å²) >= 11 is 13.4. The van der Waals surface area contributed by atoms with Crippen molar-refractivity contribution in [2.75, 3.05) is 24.6 Å². The van der Waals surface area contributed by atoms with E-state index in [2.05, 4.69) is 22.3 Å². The molecule has 1 aliphatic carbocycles. The molecule has 6 nitrogen and oxygen atoms in total. The number of carbonyl (C=O) groups excluding carboxylic acids is 1. The lowest BCUT2D eigenvalue weighted by Gasteiger charge is -2.31. The summed E-state index contributed by atoms with van der Waals surface area (Å²) in [7, 11) is 0. The SMILES string of the molecule is Cc1c(CC(NC(=O)OCC2c3ccccc3-c3ccccc32)C(=O)O)cc(Cl)c(N2CCCCC2)c1Cl. The number of hydrogen-bond acceptors (Lipinski definition) is 4. The second-order valence-electron chi connectivity index (χ2n) is 9.92. The highest BCUT2D eigenvalue weighted by Gasteiger charge is 2.30. The molecule has 1 unspecified atom stereocenters. The number of carboxylic acids is 1. The molecule has 1 aliphatic heterocycles. The van der Waals surface area contributed by atoms with Crippen molar-refractivity contribution in [1.82, 2.24) is 5.32 Å². The first-order valence-corrected chi connectivity index (χ1v) is 13.7. The maximum Gasteiger partial charge on any atom is 0.407 e. The molecule has 198 valence electrons. The highest BCUT2D eigenvalue weighted by Crippen LogP contribution is 2.44. The standard InChI is InChI=1S/C30H30Cl2N2O4/c1-18-19(15-25(31)28(27(18)32)34-13-7-2-8-14-34)16-26(29(35)36)33-30(37)38-17-24-22-11-5-3-9-20(22)21-10-4-6-12-23(21)24/h3-6,9-12,15,24,26H,2,7-8,13-14,16-17H2,1H3,(H,33,37)(H,35,36). The molecule has 5 rings (SSSR count). The molecule has 0 radical (unpaired) electrons. The summed E-state index contributed by atoms with van der Waals surface area (Å²) in [4.78, 5) is 27.0. The van der Waals surface area contributed by atoms with Crippen LogP contribution in [0.5, 0.6) is 0 Å². The zero-order valence-electron chi connectivity index (χ0n) is 21.2. The predicted molar refractivity (Wildman–Crippen MR) is 151 cm³/mol. The van der Waals surface area contributed by atoms with Crippen molar-refractivity contribution in [3.8, 4) is 11.1 Å². The van der Waals surface area contributed by atoms with E-state index in [9.17, 15) is 14.7 Å². The number of piperidine rings is 1. The first kappa shape index (κ1) is 26.4. The quantitative estimate of drug-likeness (QED) is 0.336. The molecule has 1 saturated heterocycles. The van der Waals surface area contributed by atoms with Gasteiger partial charge in [0.2, 0.25) is 0 Å². The number of fused-ring (bicyclic) bond motifs is 3. The van der Waals surface area contributed by atoms with E-state index in [1.165, 1.54) is 6.42 Å². The number of anilines is 1. The summed E-state index contributed by atoms with van der Waals surface area (Å²) in [5, 5.41) is 13.4. The molecule has 1 heterocycles. The van der Waals surface area contributed by atoms with Crippen LogP contribution in [0.2, 0.25) is 10.0 Å². The van der Waals surface area contributed by atoms with Gasteiger partial charge in [-0.05, 0) is 65.6 Å². The third-order valence-electron chi connectivity index (χ3n) is 7.58. The van der Waals surface area contributed by atoms with Crippen molar-refractivity contribution in [2.24, 2.45) is 0 Å². The van der Waals surface area contributed by atoms with Crippen LogP contribution in [0.3, 0.4) is 0 Å². The van der Waals surface area contributed by atoms with Crippen LogP contribution >= 0.6 is 23.2 Å². The fourth-order valence-electron chi connectivity index (χ4n) is 5.57. The van der Waals surface area contributed by atoms with E-state index in [1.54, 1.807) is 6.07 Å². The van der Waals surface area contributed by atoms with E-state index in [1.807, 2.05) is 43.3 Å². The van der Waals surface area contributed by atoms with Gasteiger partial charge >= 0.3 is 12.1 Å². The fraction of sp³-hybridized carbons (Fsp3) is 0.333. The second kappa shape index (κ2) is 11.3. The fourth-order valence-corrected chi connectivity index (χ4v) is 6.31. The Morgan fingerprint density at radius 2 is 1.63 bits per heavy atom. The Hall–Kier alpha value is -3.22. The van der Waals surface area contributed by atoms with Crippen LogP contribution in [0, 0.1) is 6.92 Å². The third kappa shape index (κ3) is 5.20. The molecule has 0 aromatic heterocycles. The van der Waals surface area contributed by atoms with Crippen LogP contribution in [-0.2, 0) is 16.0 Å². The molecule has 8 heteroatoms. The number of amides is 1. The van der Waals surface area contributed by atoms with Gasteiger partial charge in [0.25, 0.3) is 0 Å². The van der Waals surface area contributed by atoms with Crippen molar-refractivity contribution in [1.29, 1.82) is 0 Å². The van der Waals surface area contributed by atoms with Gasteiger partial charge in [-0.1, -0.05) is 71.7 Å². The number of aliphatic carboxylic acids is 1. The Bertz CT molecular complexity index is 1320. The molecule has 2 aliphatic rings. The minimum Gasteiger partial charge on any atom is -0.480 e. The first-order valence-electron chi connectivity index (χ1n) is 12.9. The lowest BCUT2D eigenvalue weighted by atomic mass is 9.98.